The van der Waals surface area contributed by atoms with E-state index in [1.165, 1.54) is 0 Å². The molecule has 3 rings (SSSR count). The van der Waals surface area contributed by atoms with Gasteiger partial charge in [0.15, 0.2) is 0 Å². The van der Waals surface area contributed by atoms with Crippen molar-refractivity contribution in [3.05, 3.63) is 29.8 Å². The van der Waals surface area contributed by atoms with Gasteiger partial charge in [-0.05, 0) is 50.6 Å². The lowest BCUT2D eigenvalue weighted by Crippen LogP contribution is -2.42. The Balaban J connectivity index is 1.69. The van der Waals surface area contributed by atoms with Gasteiger partial charge >= 0.3 is 0 Å². The highest BCUT2D eigenvalue weighted by atomic mass is 16.2. The first-order valence-corrected chi connectivity index (χ1v) is 7.66. The Hall–Kier alpha value is -1.88. The number of piperidine rings is 1. The molecule has 0 radical (unpaired) electrons. The monoisotopic (exact) mass is 287 g/mol. The second kappa shape index (κ2) is 6.26. The van der Waals surface area contributed by atoms with Crippen LogP contribution in [-0.4, -0.2) is 37.5 Å². The van der Waals surface area contributed by atoms with Gasteiger partial charge in [-0.3, -0.25) is 9.59 Å². The summed E-state index contributed by atoms with van der Waals surface area (Å²) < 4.78 is 0. The number of carbonyl (C=O) groups excluding carboxylic acids is 2. The lowest BCUT2D eigenvalue weighted by atomic mass is 10.1. The van der Waals surface area contributed by atoms with E-state index in [0.717, 1.165) is 44.6 Å². The van der Waals surface area contributed by atoms with E-state index < -0.39 is 0 Å². The molecule has 2 amide bonds. The number of carbonyl (C=O) groups is 2. The fourth-order valence-corrected chi connectivity index (χ4v) is 2.97. The Kier molecular flexibility index (Phi) is 4.20. The summed E-state index contributed by atoms with van der Waals surface area (Å²) in [5.41, 5.74) is 1.46. The summed E-state index contributed by atoms with van der Waals surface area (Å²) in [4.78, 5) is 25.9. The zero-order valence-corrected chi connectivity index (χ0v) is 12.1. The molecular weight excluding hydrogens is 266 g/mol. The number of nitrogens with one attached hydrogen (secondary N) is 2. The van der Waals surface area contributed by atoms with Crippen LogP contribution in [0.4, 0.5) is 5.69 Å². The smallest absolute Gasteiger partial charge is 0.251 e. The standard InChI is InChI=1S/C16H21N3O2/c20-15-5-2-10-19(15)14-4-1-3-12(11-14)16(21)18-13-6-8-17-9-7-13/h1,3-4,11,13,17H,2,5-10H2,(H,18,21). The number of hydrogen-bond donors (Lipinski definition) is 2. The third kappa shape index (κ3) is 3.24. The Morgan fingerprint density at radius 1 is 1.29 bits per heavy atom. The number of amides is 2. The first kappa shape index (κ1) is 14.1. The van der Waals surface area contributed by atoms with Crippen molar-refractivity contribution >= 4 is 17.5 Å². The summed E-state index contributed by atoms with van der Waals surface area (Å²) in [6, 6.07) is 7.61. The van der Waals surface area contributed by atoms with Crippen LogP contribution in [0.15, 0.2) is 24.3 Å². The third-order valence-electron chi connectivity index (χ3n) is 4.17. The topological polar surface area (TPSA) is 61.4 Å². The van der Waals surface area contributed by atoms with Crippen molar-refractivity contribution in [1.82, 2.24) is 10.6 Å². The molecule has 5 heteroatoms. The lowest BCUT2D eigenvalue weighted by Gasteiger charge is -2.24. The van der Waals surface area contributed by atoms with Gasteiger partial charge in [-0.15, -0.1) is 0 Å². The Morgan fingerprint density at radius 2 is 2.10 bits per heavy atom. The van der Waals surface area contributed by atoms with E-state index in [4.69, 9.17) is 0 Å². The van der Waals surface area contributed by atoms with Crippen LogP contribution in [0.5, 0.6) is 0 Å². The SMILES string of the molecule is O=C(NC1CCNCC1)c1cccc(N2CCCC2=O)c1. The maximum Gasteiger partial charge on any atom is 0.251 e. The molecule has 0 bridgehead atoms. The summed E-state index contributed by atoms with van der Waals surface area (Å²) >= 11 is 0. The fraction of sp³-hybridized carbons (Fsp3) is 0.500. The number of rotatable bonds is 3. The lowest BCUT2D eigenvalue weighted by molar-refractivity contribution is -0.117. The van der Waals surface area contributed by atoms with E-state index >= 15 is 0 Å². The van der Waals surface area contributed by atoms with Crippen molar-refractivity contribution in [3.63, 3.8) is 0 Å². The van der Waals surface area contributed by atoms with Crippen molar-refractivity contribution in [2.45, 2.75) is 31.7 Å². The molecule has 0 unspecified atom stereocenters. The highest BCUT2D eigenvalue weighted by Gasteiger charge is 2.23. The normalized spacial score (nSPS) is 19.8. The van der Waals surface area contributed by atoms with Crippen LogP contribution in [0, 0.1) is 0 Å². The first-order chi connectivity index (χ1) is 10.2. The summed E-state index contributed by atoms with van der Waals surface area (Å²) in [7, 11) is 0. The molecule has 0 aliphatic carbocycles. The van der Waals surface area contributed by atoms with Gasteiger partial charge in [0.25, 0.3) is 5.91 Å². The van der Waals surface area contributed by atoms with Crippen molar-refractivity contribution in [1.29, 1.82) is 0 Å². The molecule has 2 fully saturated rings. The maximum atomic E-state index is 12.3. The van der Waals surface area contributed by atoms with Crippen LogP contribution >= 0.6 is 0 Å². The van der Waals surface area contributed by atoms with Gasteiger partial charge < -0.3 is 15.5 Å². The molecule has 2 aliphatic heterocycles. The molecule has 2 aliphatic rings. The molecule has 5 nitrogen and oxygen atoms in total. The maximum absolute atomic E-state index is 12.3. The molecule has 1 aromatic rings. The quantitative estimate of drug-likeness (QED) is 0.881. The van der Waals surface area contributed by atoms with Crippen molar-refractivity contribution in [2.75, 3.05) is 24.5 Å². The minimum absolute atomic E-state index is 0.0459. The van der Waals surface area contributed by atoms with Gasteiger partial charge in [0.2, 0.25) is 5.91 Å². The second-order valence-electron chi connectivity index (χ2n) is 5.70. The fourth-order valence-electron chi connectivity index (χ4n) is 2.97. The largest absolute Gasteiger partial charge is 0.349 e. The van der Waals surface area contributed by atoms with Gasteiger partial charge in [-0.1, -0.05) is 6.07 Å². The first-order valence-electron chi connectivity index (χ1n) is 7.66. The van der Waals surface area contributed by atoms with Crippen LogP contribution in [-0.2, 0) is 4.79 Å². The highest BCUT2D eigenvalue weighted by molar-refractivity contribution is 5.99. The summed E-state index contributed by atoms with van der Waals surface area (Å²) in [5.74, 6) is 0.0984. The van der Waals surface area contributed by atoms with Gasteiger partial charge in [-0.25, -0.2) is 0 Å². The summed E-state index contributed by atoms with van der Waals surface area (Å²) in [6.45, 7) is 2.65. The van der Waals surface area contributed by atoms with Gasteiger partial charge in [0.05, 0.1) is 0 Å². The Bertz CT molecular complexity index is 538. The van der Waals surface area contributed by atoms with Crippen molar-refractivity contribution in [2.24, 2.45) is 0 Å². The zero-order chi connectivity index (χ0) is 14.7. The van der Waals surface area contributed by atoms with Crippen molar-refractivity contribution < 1.29 is 9.59 Å². The predicted octanol–water partition coefficient (Wildman–Crippen LogP) is 1.30. The number of anilines is 1. The highest BCUT2D eigenvalue weighted by Crippen LogP contribution is 2.22. The van der Waals surface area contributed by atoms with Crippen LogP contribution in [0.3, 0.4) is 0 Å². The average Bonchev–Trinajstić information content (AvgIpc) is 2.94. The number of benzene rings is 1. The molecule has 1 aromatic carbocycles. The van der Waals surface area contributed by atoms with Crippen molar-refractivity contribution in [3.8, 4) is 0 Å². The number of nitrogens with zero attached hydrogens (tertiary/aromatic N) is 1. The molecule has 0 aromatic heterocycles. The molecule has 0 saturated carbocycles. The van der Waals surface area contributed by atoms with E-state index in [9.17, 15) is 9.59 Å². The minimum atomic E-state index is -0.0459. The van der Waals surface area contributed by atoms with E-state index in [2.05, 4.69) is 10.6 Å². The van der Waals surface area contributed by atoms with E-state index in [-0.39, 0.29) is 17.9 Å². The molecule has 2 N–H and O–H groups in total. The Morgan fingerprint density at radius 3 is 2.81 bits per heavy atom. The molecule has 0 spiro atoms. The second-order valence-corrected chi connectivity index (χ2v) is 5.70. The van der Waals surface area contributed by atoms with Crippen LogP contribution in [0.25, 0.3) is 0 Å². The molecule has 21 heavy (non-hydrogen) atoms. The molecular formula is C16H21N3O2. The molecule has 2 saturated heterocycles. The van der Waals surface area contributed by atoms with Gasteiger partial charge in [0.1, 0.15) is 0 Å². The van der Waals surface area contributed by atoms with Crippen LogP contribution < -0.4 is 15.5 Å². The van der Waals surface area contributed by atoms with Crippen LogP contribution in [0.2, 0.25) is 0 Å². The summed E-state index contributed by atoms with van der Waals surface area (Å²) in [6.07, 6.45) is 3.43. The summed E-state index contributed by atoms with van der Waals surface area (Å²) in [5, 5.41) is 6.37. The van der Waals surface area contributed by atoms with E-state index in [0.29, 0.717) is 12.0 Å². The number of hydrogen-bond acceptors (Lipinski definition) is 3. The van der Waals surface area contributed by atoms with Crippen LogP contribution in [0.1, 0.15) is 36.0 Å². The van der Waals surface area contributed by atoms with Gasteiger partial charge in [-0.2, -0.15) is 0 Å². The molecule has 0 atom stereocenters. The van der Waals surface area contributed by atoms with E-state index in [1.807, 2.05) is 18.2 Å². The molecule has 2 heterocycles. The zero-order valence-electron chi connectivity index (χ0n) is 12.1. The third-order valence-corrected chi connectivity index (χ3v) is 4.17. The van der Waals surface area contributed by atoms with E-state index in [1.54, 1.807) is 11.0 Å². The molecule has 112 valence electrons. The van der Waals surface area contributed by atoms with Gasteiger partial charge in [0, 0.05) is 30.3 Å². The average molecular weight is 287 g/mol. The minimum Gasteiger partial charge on any atom is -0.349 e. The predicted molar refractivity (Wildman–Crippen MR) is 81.4 cm³/mol. The Labute approximate surface area is 124 Å².